The number of phenolic OH excluding ortho intramolecular Hbond substituents is 1. The maximum atomic E-state index is 10.9. The van der Waals surface area contributed by atoms with Gasteiger partial charge in [0.25, 0.3) is 0 Å². The first-order valence-corrected chi connectivity index (χ1v) is 11.1. The lowest BCUT2D eigenvalue weighted by Gasteiger charge is -2.06. The van der Waals surface area contributed by atoms with Crippen LogP contribution in [0.2, 0.25) is 0 Å². The molecule has 0 saturated carbocycles. The van der Waals surface area contributed by atoms with E-state index in [2.05, 4.69) is 39.0 Å². The molecule has 0 radical (unpaired) electrons. The van der Waals surface area contributed by atoms with Crippen LogP contribution in [0.3, 0.4) is 0 Å². The molecule has 0 bridgehead atoms. The fourth-order valence-corrected chi connectivity index (χ4v) is 1.32. The van der Waals surface area contributed by atoms with E-state index in [1.165, 1.54) is 20.0 Å². The van der Waals surface area contributed by atoms with Gasteiger partial charge in [0.1, 0.15) is 18.1 Å². The zero-order chi connectivity index (χ0) is 24.9. The van der Waals surface area contributed by atoms with Gasteiger partial charge in [-0.2, -0.15) is 0 Å². The van der Waals surface area contributed by atoms with Gasteiger partial charge in [-0.1, -0.05) is 111 Å². The maximum Gasteiger partial charge on any atom is 0.336 e. The molecule has 2 aromatic rings. The summed E-state index contributed by atoms with van der Waals surface area (Å²) < 4.78 is 9.77. The summed E-state index contributed by atoms with van der Waals surface area (Å²) in [4.78, 5) is 10.9. The van der Waals surface area contributed by atoms with E-state index in [1.807, 2.05) is 64.1 Å². The van der Waals surface area contributed by atoms with Gasteiger partial charge >= 0.3 is 5.97 Å². The van der Waals surface area contributed by atoms with Crippen LogP contribution in [0.15, 0.2) is 72.8 Å². The Morgan fingerprint density at radius 1 is 0.806 bits per heavy atom. The second-order valence-electron chi connectivity index (χ2n) is 5.45. The Labute approximate surface area is 191 Å². The van der Waals surface area contributed by atoms with Crippen molar-refractivity contribution in [1.82, 2.24) is 0 Å². The minimum absolute atomic E-state index is 0.149. The van der Waals surface area contributed by atoms with Crippen molar-refractivity contribution < 1.29 is 19.4 Å². The summed E-state index contributed by atoms with van der Waals surface area (Å²) in [5, 5.41) is 8.63. The third kappa shape index (κ3) is 29.5. The number of carbonyl (C=O) groups excluding carboxylic acids is 1. The van der Waals surface area contributed by atoms with Crippen molar-refractivity contribution in [3.05, 3.63) is 72.8 Å². The first kappa shape index (κ1) is 35.7. The molecule has 4 nitrogen and oxygen atoms in total. The summed E-state index contributed by atoms with van der Waals surface area (Å²) in [6, 6.07) is 17.9. The quantitative estimate of drug-likeness (QED) is 0.390. The van der Waals surface area contributed by atoms with Crippen molar-refractivity contribution in [2.45, 2.75) is 68.2 Å². The van der Waals surface area contributed by atoms with Crippen LogP contribution in [0, 0.1) is 0 Å². The van der Waals surface area contributed by atoms with Crippen LogP contribution in [0.25, 0.3) is 0 Å². The Kier molecular flexibility index (Phi) is 36.7. The predicted octanol–water partition coefficient (Wildman–Crippen LogP) is 8.07. The highest BCUT2D eigenvalue weighted by Gasteiger charge is 2.06. The number of para-hydroxylation sites is 2. The Hall–Kier alpha value is -2.75. The standard InChI is InChI=1S/C11H12O3.C6H6O.2C3H8.2C2H6/c1-9(11(12)13-2)8-14-10-6-4-3-5-7-10;7-6-4-2-1-3-5-6;2*1-3-2;2*1-2/h3-7H,1,8H2,2H3;1-5,7H;2*3H2,1-2H3;2*1-2H3. The lowest BCUT2D eigenvalue weighted by atomic mass is 10.3. The second kappa shape index (κ2) is 31.9. The molecule has 2 aromatic carbocycles. The smallest absolute Gasteiger partial charge is 0.336 e. The SMILES string of the molecule is C=C(COc1ccccc1)C(=O)OC.CC.CC.CCC.CCC.Oc1ccccc1. The molecule has 0 saturated heterocycles. The van der Waals surface area contributed by atoms with Gasteiger partial charge in [-0.05, 0) is 24.3 Å². The van der Waals surface area contributed by atoms with Gasteiger partial charge in [-0.3, -0.25) is 0 Å². The molecule has 0 aliphatic rings. The Balaban J connectivity index is -0.000000179. The average molecular weight is 435 g/mol. The summed E-state index contributed by atoms with van der Waals surface area (Å²) >= 11 is 0. The van der Waals surface area contributed by atoms with E-state index < -0.39 is 5.97 Å². The van der Waals surface area contributed by atoms with Gasteiger partial charge in [0.15, 0.2) is 0 Å². The lowest BCUT2D eigenvalue weighted by molar-refractivity contribution is -0.136. The van der Waals surface area contributed by atoms with Crippen LogP contribution in [-0.2, 0) is 9.53 Å². The van der Waals surface area contributed by atoms with Crippen LogP contribution < -0.4 is 4.74 Å². The molecule has 1 N–H and O–H groups in total. The molecular weight excluding hydrogens is 388 g/mol. The molecular formula is C27H46O4. The van der Waals surface area contributed by atoms with Gasteiger partial charge in [0.2, 0.25) is 0 Å². The van der Waals surface area contributed by atoms with Gasteiger partial charge in [0, 0.05) is 0 Å². The zero-order valence-electron chi connectivity index (χ0n) is 21.3. The van der Waals surface area contributed by atoms with Gasteiger partial charge in [0.05, 0.1) is 12.7 Å². The highest BCUT2D eigenvalue weighted by molar-refractivity contribution is 5.87. The number of esters is 1. The first-order valence-electron chi connectivity index (χ1n) is 11.1. The maximum absolute atomic E-state index is 10.9. The predicted molar refractivity (Wildman–Crippen MR) is 136 cm³/mol. The van der Waals surface area contributed by atoms with Crippen molar-refractivity contribution in [2.24, 2.45) is 0 Å². The van der Waals surface area contributed by atoms with E-state index >= 15 is 0 Å². The number of carbonyl (C=O) groups is 1. The summed E-state index contributed by atoms with van der Waals surface area (Å²) in [6.45, 7) is 20.2. The second-order valence-corrected chi connectivity index (χ2v) is 5.45. The number of aromatic hydroxyl groups is 1. The molecule has 4 heteroatoms. The summed E-state index contributed by atoms with van der Waals surface area (Å²) in [5.41, 5.74) is 0.302. The average Bonchev–Trinajstić information content (AvgIpc) is 2.82. The molecule has 0 aromatic heterocycles. The molecule has 178 valence electrons. The minimum atomic E-state index is -0.444. The molecule has 0 heterocycles. The fraction of sp³-hybridized carbons (Fsp3) is 0.444. The molecule has 0 aliphatic heterocycles. The molecule has 0 amide bonds. The fourth-order valence-electron chi connectivity index (χ4n) is 1.32. The van der Waals surface area contributed by atoms with Crippen molar-refractivity contribution in [2.75, 3.05) is 13.7 Å². The number of phenols is 1. The highest BCUT2D eigenvalue weighted by atomic mass is 16.5. The molecule has 0 atom stereocenters. The van der Waals surface area contributed by atoms with E-state index in [1.54, 1.807) is 24.3 Å². The minimum Gasteiger partial charge on any atom is -0.508 e. The van der Waals surface area contributed by atoms with Gasteiger partial charge < -0.3 is 14.6 Å². The first-order chi connectivity index (χ1) is 15.0. The summed E-state index contributed by atoms with van der Waals surface area (Å²) in [5.74, 6) is 0.584. The molecule has 0 unspecified atom stereocenters. The number of hydrogen-bond donors (Lipinski definition) is 1. The number of ether oxygens (including phenoxy) is 2. The molecule has 0 fully saturated rings. The number of hydrogen-bond acceptors (Lipinski definition) is 4. The Morgan fingerprint density at radius 2 is 1.16 bits per heavy atom. The molecule has 0 aliphatic carbocycles. The van der Waals surface area contributed by atoms with E-state index in [9.17, 15) is 4.79 Å². The van der Waals surface area contributed by atoms with Crippen LogP contribution in [0.5, 0.6) is 11.5 Å². The molecule has 31 heavy (non-hydrogen) atoms. The van der Waals surface area contributed by atoms with Gasteiger partial charge in [-0.25, -0.2) is 4.79 Å². The lowest BCUT2D eigenvalue weighted by Crippen LogP contribution is -2.11. The van der Waals surface area contributed by atoms with Crippen LogP contribution in [0.1, 0.15) is 68.2 Å². The normalized spacial score (nSPS) is 7.65. The van der Waals surface area contributed by atoms with Crippen molar-refractivity contribution in [3.63, 3.8) is 0 Å². The largest absolute Gasteiger partial charge is 0.508 e. The number of benzene rings is 2. The van der Waals surface area contributed by atoms with Gasteiger partial charge in [-0.15, -0.1) is 0 Å². The third-order valence-corrected chi connectivity index (χ3v) is 2.39. The molecule has 0 spiro atoms. The summed E-state index contributed by atoms with van der Waals surface area (Å²) in [6.07, 6.45) is 2.50. The van der Waals surface area contributed by atoms with E-state index in [4.69, 9.17) is 9.84 Å². The molecule has 2 rings (SSSR count). The zero-order valence-corrected chi connectivity index (χ0v) is 21.3. The van der Waals surface area contributed by atoms with E-state index in [-0.39, 0.29) is 6.61 Å². The number of methoxy groups -OCH3 is 1. The van der Waals surface area contributed by atoms with Crippen molar-refractivity contribution in [3.8, 4) is 11.5 Å². The van der Waals surface area contributed by atoms with E-state index in [0.717, 1.165) is 0 Å². The topological polar surface area (TPSA) is 55.8 Å². The van der Waals surface area contributed by atoms with E-state index in [0.29, 0.717) is 17.1 Å². The van der Waals surface area contributed by atoms with Crippen molar-refractivity contribution >= 4 is 5.97 Å². The monoisotopic (exact) mass is 434 g/mol. The highest BCUT2D eigenvalue weighted by Crippen LogP contribution is 2.09. The Bertz CT molecular complexity index is 579. The van der Waals surface area contributed by atoms with Crippen molar-refractivity contribution in [1.29, 1.82) is 0 Å². The van der Waals surface area contributed by atoms with Crippen LogP contribution in [0.4, 0.5) is 0 Å². The van der Waals surface area contributed by atoms with Crippen LogP contribution in [-0.4, -0.2) is 24.8 Å². The van der Waals surface area contributed by atoms with Crippen LogP contribution >= 0.6 is 0 Å². The number of rotatable bonds is 4. The summed E-state index contributed by atoms with van der Waals surface area (Å²) in [7, 11) is 1.32. The Morgan fingerprint density at radius 3 is 1.45 bits per heavy atom. The third-order valence-electron chi connectivity index (χ3n) is 2.39.